The Morgan fingerprint density at radius 3 is 2.33 bits per heavy atom. The first-order chi connectivity index (χ1) is 5.31. The quantitative estimate of drug-likeness (QED) is 0.600. The molecule has 0 amide bonds. The van der Waals surface area contributed by atoms with Crippen LogP contribution in [0.4, 0.5) is 3.89 Å². The van der Waals surface area contributed by atoms with E-state index in [0.717, 1.165) is 12.8 Å². The number of hydrogen-bond acceptors (Lipinski definition) is 2. The second kappa shape index (κ2) is 2.98. The maximum atomic E-state index is 12.6. The van der Waals surface area contributed by atoms with Crippen LogP contribution in [0, 0.1) is 5.41 Å². The third-order valence-corrected chi connectivity index (χ3v) is 3.76. The lowest BCUT2D eigenvalue weighted by Crippen LogP contribution is -2.30. The van der Waals surface area contributed by atoms with Gasteiger partial charge in [-0.05, 0) is 24.7 Å². The summed E-state index contributed by atoms with van der Waals surface area (Å²) in [5.74, 6) is 0. The monoisotopic (exact) mass is 194 g/mol. The summed E-state index contributed by atoms with van der Waals surface area (Å²) >= 11 is 0. The Hall–Kier alpha value is -0.120. The third kappa shape index (κ3) is 2.44. The molecule has 0 saturated heterocycles. The highest BCUT2D eigenvalue weighted by atomic mass is 32.3. The van der Waals surface area contributed by atoms with Gasteiger partial charge in [0.15, 0.2) is 0 Å². The van der Waals surface area contributed by atoms with Crippen LogP contribution < -0.4 is 0 Å². The van der Waals surface area contributed by atoms with Crippen LogP contribution >= 0.6 is 0 Å². The molecule has 0 aromatic rings. The molecule has 0 radical (unpaired) electrons. The van der Waals surface area contributed by atoms with Gasteiger partial charge in [-0.1, -0.05) is 20.3 Å². The van der Waals surface area contributed by atoms with Crippen LogP contribution in [-0.2, 0) is 10.2 Å². The first-order valence-electron chi connectivity index (χ1n) is 4.25. The van der Waals surface area contributed by atoms with E-state index in [1.807, 2.05) is 13.8 Å². The molecule has 0 aromatic heterocycles. The Balaban J connectivity index is 2.71. The molecule has 1 atom stereocenters. The fraction of sp³-hybridized carbons (Fsp3) is 1.00. The van der Waals surface area contributed by atoms with E-state index in [9.17, 15) is 12.3 Å². The first kappa shape index (κ1) is 9.96. The van der Waals surface area contributed by atoms with Crippen molar-refractivity contribution in [3.63, 3.8) is 0 Å². The second-order valence-corrected chi connectivity index (χ2v) is 5.98. The zero-order valence-electron chi connectivity index (χ0n) is 7.51. The molecule has 1 saturated carbocycles. The van der Waals surface area contributed by atoms with Crippen molar-refractivity contribution in [3.8, 4) is 0 Å². The van der Waals surface area contributed by atoms with Crippen molar-refractivity contribution in [1.29, 1.82) is 0 Å². The molecule has 1 fully saturated rings. The second-order valence-electron chi connectivity index (χ2n) is 4.36. The number of halogens is 1. The van der Waals surface area contributed by atoms with Gasteiger partial charge in [0.2, 0.25) is 0 Å². The van der Waals surface area contributed by atoms with Crippen molar-refractivity contribution < 1.29 is 12.3 Å². The fourth-order valence-electron chi connectivity index (χ4n) is 1.87. The van der Waals surface area contributed by atoms with Crippen molar-refractivity contribution in [2.75, 3.05) is 0 Å². The molecule has 0 bridgehead atoms. The Bertz CT molecular complexity index is 256. The molecule has 0 N–H and O–H groups in total. The predicted octanol–water partition coefficient (Wildman–Crippen LogP) is 2.25. The number of hydrogen-bond donors (Lipinski definition) is 0. The smallest absolute Gasteiger partial charge is 0.195 e. The third-order valence-electron chi connectivity index (χ3n) is 2.56. The van der Waals surface area contributed by atoms with Crippen LogP contribution in [0.15, 0.2) is 0 Å². The lowest BCUT2D eigenvalue weighted by atomic mass is 9.77. The van der Waals surface area contributed by atoms with Gasteiger partial charge < -0.3 is 0 Å². The van der Waals surface area contributed by atoms with Crippen molar-refractivity contribution in [3.05, 3.63) is 0 Å². The Kier molecular flexibility index (Phi) is 2.47. The topological polar surface area (TPSA) is 34.1 Å². The van der Waals surface area contributed by atoms with Crippen LogP contribution in [-0.4, -0.2) is 13.7 Å². The summed E-state index contributed by atoms with van der Waals surface area (Å²) in [5, 5.41) is -0.749. The van der Waals surface area contributed by atoms with Gasteiger partial charge in [0.05, 0.1) is 5.25 Å². The van der Waals surface area contributed by atoms with Gasteiger partial charge in [-0.2, -0.15) is 8.42 Å². The van der Waals surface area contributed by atoms with E-state index in [-0.39, 0.29) is 5.41 Å². The molecule has 72 valence electrons. The van der Waals surface area contributed by atoms with Crippen molar-refractivity contribution in [2.24, 2.45) is 5.41 Å². The Labute approximate surface area is 73.4 Å². The maximum absolute atomic E-state index is 12.6. The first-order valence-corrected chi connectivity index (χ1v) is 5.69. The molecule has 1 aliphatic carbocycles. The standard InChI is InChI=1S/C8H15FO2S/c1-8(2)5-3-4-7(6-8)12(9,10)11/h7H,3-6H2,1-2H3. The average Bonchev–Trinajstić information content (AvgIpc) is 1.83. The largest absolute Gasteiger partial charge is 0.305 e. The van der Waals surface area contributed by atoms with E-state index in [0.29, 0.717) is 12.8 Å². The Morgan fingerprint density at radius 2 is 2.00 bits per heavy atom. The summed E-state index contributed by atoms with van der Waals surface area (Å²) in [5.41, 5.74) is -0.0118. The van der Waals surface area contributed by atoms with Crippen LogP contribution in [0.3, 0.4) is 0 Å². The van der Waals surface area contributed by atoms with Gasteiger partial charge in [0, 0.05) is 0 Å². The van der Waals surface area contributed by atoms with E-state index in [2.05, 4.69) is 0 Å². The summed E-state index contributed by atoms with van der Waals surface area (Å²) < 4.78 is 33.8. The van der Waals surface area contributed by atoms with Crippen LogP contribution in [0.1, 0.15) is 39.5 Å². The van der Waals surface area contributed by atoms with E-state index >= 15 is 0 Å². The highest BCUT2D eigenvalue weighted by Gasteiger charge is 2.35. The summed E-state index contributed by atoms with van der Waals surface area (Å²) in [4.78, 5) is 0. The molecule has 0 aromatic carbocycles. The zero-order valence-corrected chi connectivity index (χ0v) is 8.32. The van der Waals surface area contributed by atoms with Gasteiger partial charge in [0.1, 0.15) is 0 Å². The predicted molar refractivity (Wildman–Crippen MR) is 46.1 cm³/mol. The minimum Gasteiger partial charge on any atom is -0.195 e. The fourth-order valence-corrected chi connectivity index (χ4v) is 2.97. The summed E-state index contributed by atoms with van der Waals surface area (Å²) in [6.07, 6.45) is 2.77. The van der Waals surface area contributed by atoms with Crippen LogP contribution in [0.5, 0.6) is 0 Å². The molecule has 1 rings (SSSR count). The molecule has 1 unspecified atom stereocenters. The van der Waals surface area contributed by atoms with Gasteiger partial charge >= 0.3 is 10.2 Å². The average molecular weight is 194 g/mol. The van der Waals surface area contributed by atoms with Crippen molar-refractivity contribution in [2.45, 2.75) is 44.8 Å². The van der Waals surface area contributed by atoms with Gasteiger partial charge in [-0.25, -0.2) is 0 Å². The molecular weight excluding hydrogens is 179 g/mol. The molecule has 12 heavy (non-hydrogen) atoms. The highest BCUT2D eigenvalue weighted by Crippen LogP contribution is 2.38. The van der Waals surface area contributed by atoms with E-state index in [1.54, 1.807) is 0 Å². The molecule has 0 heterocycles. The highest BCUT2D eigenvalue weighted by molar-refractivity contribution is 7.87. The molecular formula is C8H15FO2S. The SMILES string of the molecule is CC1(C)CCCC(S(=O)(=O)F)C1. The molecule has 0 spiro atoms. The van der Waals surface area contributed by atoms with Crippen LogP contribution in [0.2, 0.25) is 0 Å². The van der Waals surface area contributed by atoms with E-state index in [1.165, 1.54) is 0 Å². The summed E-state index contributed by atoms with van der Waals surface area (Å²) in [7, 11) is -4.30. The molecule has 4 heteroatoms. The molecule has 1 aliphatic rings. The van der Waals surface area contributed by atoms with Gasteiger partial charge in [-0.15, -0.1) is 3.89 Å². The Morgan fingerprint density at radius 1 is 1.42 bits per heavy atom. The van der Waals surface area contributed by atoms with Gasteiger partial charge in [0.25, 0.3) is 0 Å². The maximum Gasteiger partial charge on any atom is 0.305 e. The molecule has 2 nitrogen and oxygen atoms in total. The molecule has 0 aliphatic heterocycles. The summed E-state index contributed by atoms with van der Waals surface area (Å²) in [6.45, 7) is 3.98. The minimum absolute atomic E-state index is 0.0118. The van der Waals surface area contributed by atoms with Gasteiger partial charge in [-0.3, -0.25) is 0 Å². The van der Waals surface area contributed by atoms with E-state index < -0.39 is 15.5 Å². The lowest BCUT2D eigenvalue weighted by molar-refractivity contribution is 0.243. The van der Waals surface area contributed by atoms with Crippen molar-refractivity contribution in [1.82, 2.24) is 0 Å². The lowest BCUT2D eigenvalue weighted by Gasteiger charge is -2.32. The van der Waals surface area contributed by atoms with Crippen LogP contribution in [0.25, 0.3) is 0 Å². The summed E-state index contributed by atoms with van der Waals surface area (Å²) in [6, 6.07) is 0. The number of rotatable bonds is 1. The normalized spacial score (nSPS) is 30.1. The van der Waals surface area contributed by atoms with Crippen molar-refractivity contribution >= 4 is 10.2 Å². The zero-order chi connectivity index (χ0) is 9.41. The van der Waals surface area contributed by atoms with E-state index in [4.69, 9.17) is 0 Å². The minimum atomic E-state index is -4.30.